The van der Waals surface area contributed by atoms with Gasteiger partial charge in [-0.05, 0) is 18.1 Å². The number of pyridine rings is 1. The molecular weight excluding hydrogens is 316 g/mol. The normalized spacial score (nSPS) is 12.3. The molecule has 2 amide bonds. The third kappa shape index (κ3) is 3.52. The Hall–Kier alpha value is -3.15. The number of amides is 2. The van der Waals surface area contributed by atoms with Crippen LogP contribution in [0.2, 0.25) is 0 Å². The summed E-state index contributed by atoms with van der Waals surface area (Å²) in [6.45, 7) is 3.67. The van der Waals surface area contributed by atoms with Crippen LogP contribution in [0.3, 0.4) is 0 Å². The first-order valence-corrected chi connectivity index (χ1v) is 8.10. The highest BCUT2D eigenvalue weighted by Crippen LogP contribution is 2.19. The number of carbonyl (C=O) groups is 2. The Morgan fingerprint density at radius 1 is 1.08 bits per heavy atom. The lowest BCUT2D eigenvalue weighted by Gasteiger charge is -2.18. The molecule has 0 spiro atoms. The largest absolute Gasteiger partial charge is 0.368 e. The lowest BCUT2D eigenvalue weighted by atomic mass is 10.0. The smallest absolute Gasteiger partial charge is 0.253 e. The van der Waals surface area contributed by atoms with Gasteiger partial charge in [0.1, 0.15) is 11.7 Å². The highest BCUT2D eigenvalue weighted by Gasteiger charge is 2.22. The summed E-state index contributed by atoms with van der Waals surface area (Å²) in [5.74, 6) is -0.962. The molecule has 3 rings (SSSR count). The average Bonchev–Trinajstić information content (AvgIpc) is 3.02. The highest BCUT2D eigenvalue weighted by atomic mass is 16.2. The fourth-order valence-corrected chi connectivity index (χ4v) is 2.67. The Bertz CT molecular complexity index is 916. The van der Waals surface area contributed by atoms with E-state index < -0.39 is 11.9 Å². The van der Waals surface area contributed by atoms with Gasteiger partial charge in [-0.15, -0.1) is 0 Å². The van der Waals surface area contributed by atoms with E-state index in [0.717, 1.165) is 16.9 Å². The van der Waals surface area contributed by atoms with E-state index in [9.17, 15) is 9.59 Å². The molecule has 128 valence electrons. The van der Waals surface area contributed by atoms with Gasteiger partial charge in [-0.25, -0.2) is 4.98 Å². The molecule has 6 heteroatoms. The van der Waals surface area contributed by atoms with Crippen molar-refractivity contribution in [3.63, 3.8) is 0 Å². The maximum absolute atomic E-state index is 12.4. The van der Waals surface area contributed by atoms with Crippen molar-refractivity contribution >= 4 is 17.5 Å². The molecule has 0 bridgehead atoms. The van der Waals surface area contributed by atoms with Crippen LogP contribution in [-0.4, -0.2) is 27.2 Å². The fourth-order valence-electron chi connectivity index (χ4n) is 2.67. The molecule has 0 aliphatic heterocycles. The number of nitrogens with two attached hydrogens (primary N) is 1. The molecule has 0 saturated carbocycles. The predicted molar refractivity (Wildman–Crippen MR) is 95.9 cm³/mol. The summed E-state index contributed by atoms with van der Waals surface area (Å²) in [5.41, 5.74) is 8.37. The molecule has 3 N–H and O–H groups in total. The van der Waals surface area contributed by atoms with Crippen LogP contribution < -0.4 is 11.1 Å². The summed E-state index contributed by atoms with van der Waals surface area (Å²) in [6.07, 6.45) is 3.57. The predicted octanol–water partition coefficient (Wildman–Crippen LogP) is 2.24. The Balaban J connectivity index is 1.88. The van der Waals surface area contributed by atoms with E-state index in [4.69, 9.17) is 5.73 Å². The molecule has 1 atom stereocenters. The number of fused-ring (bicyclic) bond motifs is 1. The minimum Gasteiger partial charge on any atom is -0.368 e. The standard InChI is InChI=1S/C19H20N4O2/c1-12(2)17(18(20)24)22-19(25)14-8-9-16-21-15(11-23(16)10-14)13-6-4-3-5-7-13/h3-12,17H,1-2H3,(H2,20,24)(H,22,25)/t17-/m0/s1. The molecule has 0 unspecified atom stereocenters. The monoisotopic (exact) mass is 336 g/mol. The van der Waals surface area contributed by atoms with Crippen LogP contribution in [0.1, 0.15) is 24.2 Å². The first kappa shape index (κ1) is 16.7. The third-order valence-electron chi connectivity index (χ3n) is 4.04. The number of carbonyl (C=O) groups excluding carboxylic acids is 2. The zero-order chi connectivity index (χ0) is 18.0. The molecule has 2 heterocycles. The summed E-state index contributed by atoms with van der Waals surface area (Å²) in [6, 6.07) is 12.6. The van der Waals surface area contributed by atoms with E-state index in [1.807, 2.05) is 50.4 Å². The van der Waals surface area contributed by atoms with Crippen LogP contribution in [-0.2, 0) is 4.79 Å². The SMILES string of the molecule is CC(C)[C@H](NC(=O)c1ccc2nc(-c3ccccc3)cn2c1)C(N)=O. The van der Waals surface area contributed by atoms with E-state index in [1.54, 1.807) is 22.7 Å². The minimum absolute atomic E-state index is 0.0805. The second kappa shape index (κ2) is 6.76. The van der Waals surface area contributed by atoms with E-state index in [1.165, 1.54) is 0 Å². The zero-order valence-corrected chi connectivity index (χ0v) is 14.1. The summed E-state index contributed by atoms with van der Waals surface area (Å²) < 4.78 is 1.80. The van der Waals surface area contributed by atoms with Crippen LogP contribution in [0, 0.1) is 5.92 Å². The molecule has 0 fully saturated rings. The topological polar surface area (TPSA) is 89.5 Å². The maximum Gasteiger partial charge on any atom is 0.253 e. The quantitative estimate of drug-likeness (QED) is 0.749. The summed E-state index contributed by atoms with van der Waals surface area (Å²) in [7, 11) is 0. The molecular formula is C19H20N4O2. The Morgan fingerprint density at radius 3 is 2.44 bits per heavy atom. The zero-order valence-electron chi connectivity index (χ0n) is 14.1. The van der Waals surface area contributed by atoms with Crippen molar-refractivity contribution in [2.75, 3.05) is 0 Å². The molecule has 25 heavy (non-hydrogen) atoms. The molecule has 0 aliphatic carbocycles. The number of nitrogens with one attached hydrogen (secondary N) is 1. The van der Waals surface area contributed by atoms with Crippen molar-refractivity contribution < 1.29 is 9.59 Å². The Kier molecular flexibility index (Phi) is 4.52. The van der Waals surface area contributed by atoms with E-state index in [-0.39, 0.29) is 11.8 Å². The number of benzene rings is 1. The minimum atomic E-state index is -0.703. The summed E-state index contributed by atoms with van der Waals surface area (Å²) >= 11 is 0. The summed E-state index contributed by atoms with van der Waals surface area (Å²) in [4.78, 5) is 28.5. The van der Waals surface area contributed by atoms with Crippen LogP contribution in [0.5, 0.6) is 0 Å². The van der Waals surface area contributed by atoms with Crippen LogP contribution in [0.4, 0.5) is 0 Å². The van der Waals surface area contributed by atoms with Crippen LogP contribution in [0.25, 0.3) is 16.9 Å². The molecule has 0 saturated heterocycles. The number of imidazole rings is 1. The maximum atomic E-state index is 12.4. The molecule has 6 nitrogen and oxygen atoms in total. The van der Waals surface area contributed by atoms with E-state index in [2.05, 4.69) is 10.3 Å². The molecule has 3 aromatic rings. The van der Waals surface area contributed by atoms with E-state index in [0.29, 0.717) is 5.56 Å². The van der Waals surface area contributed by atoms with Gasteiger partial charge < -0.3 is 15.5 Å². The summed E-state index contributed by atoms with van der Waals surface area (Å²) in [5, 5.41) is 2.69. The number of hydrogen-bond donors (Lipinski definition) is 2. The third-order valence-corrected chi connectivity index (χ3v) is 4.04. The Labute approximate surface area is 145 Å². The highest BCUT2D eigenvalue weighted by molar-refractivity contribution is 5.97. The van der Waals surface area contributed by atoms with Crippen molar-refractivity contribution in [2.24, 2.45) is 11.7 Å². The van der Waals surface area contributed by atoms with Gasteiger partial charge in [0.05, 0.1) is 11.3 Å². The van der Waals surface area contributed by atoms with Crippen molar-refractivity contribution in [3.05, 3.63) is 60.4 Å². The van der Waals surface area contributed by atoms with E-state index >= 15 is 0 Å². The van der Waals surface area contributed by atoms with Gasteiger partial charge in [0.15, 0.2) is 0 Å². The van der Waals surface area contributed by atoms with Gasteiger partial charge in [0.2, 0.25) is 5.91 Å². The van der Waals surface area contributed by atoms with Crippen molar-refractivity contribution in [3.8, 4) is 11.3 Å². The van der Waals surface area contributed by atoms with Gasteiger partial charge in [0.25, 0.3) is 5.91 Å². The van der Waals surface area contributed by atoms with Crippen LogP contribution >= 0.6 is 0 Å². The van der Waals surface area contributed by atoms with Crippen molar-refractivity contribution in [2.45, 2.75) is 19.9 Å². The molecule has 0 aliphatic rings. The van der Waals surface area contributed by atoms with Gasteiger partial charge >= 0.3 is 0 Å². The number of hydrogen-bond acceptors (Lipinski definition) is 3. The fraction of sp³-hybridized carbons (Fsp3) is 0.211. The van der Waals surface area contributed by atoms with Crippen molar-refractivity contribution in [1.29, 1.82) is 0 Å². The first-order valence-electron chi connectivity index (χ1n) is 8.10. The first-order chi connectivity index (χ1) is 12.0. The second-order valence-electron chi connectivity index (χ2n) is 6.27. The number of aromatic nitrogens is 2. The van der Waals surface area contributed by atoms with Gasteiger partial charge in [-0.1, -0.05) is 44.2 Å². The molecule has 2 aromatic heterocycles. The van der Waals surface area contributed by atoms with Gasteiger partial charge in [0, 0.05) is 18.0 Å². The number of rotatable bonds is 5. The Morgan fingerprint density at radius 2 is 1.80 bits per heavy atom. The van der Waals surface area contributed by atoms with Gasteiger partial charge in [-0.2, -0.15) is 0 Å². The molecule has 1 aromatic carbocycles. The number of primary amides is 1. The number of nitrogens with zero attached hydrogens (tertiary/aromatic N) is 2. The van der Waals surface area contributed by atoms with Crippen LogP contribution in [0.15, 0.2) is 54.9 Å². The lowest BCUT2D eigenvalue weighted by Crippen LogP contribution is -2.47. The molecule has 0 radical (unpaired) electrons. The second-order valence-corrected chi connectivity index (χ2v) is 6.27. The van der Waals surface area contributed by atoms with Gasteiger partial charge in [-0.3, -0.25) is 9.59 Å². The van der Waals surface area contributed by atoms with Crippen molar-refractivity contribution in [1.82, 2.24) is 14.7 Å². The lowest BCUT2D eigenvalue weighted by molar-refractivity contribution is -0.120. The average molecular weight is 336 g/mol.